The van der Waals surface area contributed by atoms with Crippen LogP contribution in [-0.2, 0) is 0 Å². The Morgan fingerprint density at radius 3 is 2.47 bits per heavy atom. The van der Waals surface area contributed by atoms with Crippen LogP contribution in [0, 0.1) is 0 Å². The van der Waals surface area contributed by atoms with E-state index >= 15 is 0 Å². The van der Waals surface area contributed by atoms with Gasteiger partial charge in [-0.25, -0.2) is 0 Å². The molecule has 0 saturated carbocycles. The van der Waals surface area contributed by atoms with E-state index in [-0.39, 0.29) is 13.2 Å². The highest BCUT2D eigenvalue weighted by Gasteiger charge is 2.07. The molecular weight excluding hydrogens is 196 g/mol. The second-order valence-electron chi connectivity index (χ2n) is 2.97. The van der Waals surface area contributed by atoms with Gasteiger partial charge in [0.25, 0.3) is 0 Å². The van der Waals surface area contributed by atoms with Crippen molar-refractivity contribution >= 4 is 5.82 Å². The van der Waals surface area contributed by atoms with Crippen molar-refractivity contribution in [3.05, 3.63) is 18.2 Å². The van der Waals surface area contributed by atoms with Crippen LogP contribution in [0.4, 0.5) is 5.82 Å². The molecule has 0 radical (unpaired) electrons. The number of hydrogen-bond donors (Lipinski definition) is 2. The Bertz CT molecular complexity index is 288. The third-order valence-corrected chi connectivity index (χ3v) is 1.98. The Balaban J connectivity index is 2.79. The third kappa shape index (κ3) is 3.38. The molecule has 0 atom stereocenters. The van der Waals surface area contributed by atoms with E-state index in [1.807, 2.05) is 12.1 Å². The summed E-state index contributed by atoms with van der Waals surface area (Å²) in [7, 11) is 1.55. The van der Waals surface area contributed by atoms with Crippen molar-refractivity contribution in [2.75, 3.05) is 38.3 Å². The molecule has 15 heavy (non-hydrogen) atoms. The lowest BCUT2D eigenvalue weighted by Gasteiger charge is -2.21. The molecule has 0 bridgehead atoms. The van der Waals surface area contributed by atoms with Gasteiger partial charge in [-0.15, -0.1) is 0 Å². The van der Waals surface area contributed by atoms with Crippen molar-refractivity contribution in [3.63, 3.8) is 0 Å². The maximum absolute atomic E-state index is 8.87. The number of aromatic nitrogens is 1. The summed E-state index contributed by atoms with van der Waals surface area (Å²) < 4.78 is 5.00. The fraction of sp³-hybridized carbons (Fsp3) is 0.500. The van der Waals surface area contributed by atoms with Gasteiger partial charge in [-0.1, -0.05) is 6.07 Å². The van der Waals surface area contributed by atoms with Crippen molar-refractivity contribution in [1.29, 1.82) is 0 Å². The molecule has 0 saturated heterocycles. The molecule has 1 aromatic heterocycles. The Hall–Kier alpha value is -1.33. The van der Waals surface area contributed by atoms with Crippen LogP contribution in [0.1, 0.15) is 0 Å². The normalized spacial score (nSPS) is 10.1. The Kier molecular flexibility index (Phi) is 4.86. The van der Waals surface area contributed by atoms with Gasteiger partial charge in [-0.3, -0.25) is 0 Å². The number of pyridine rings is 1. The zero-order valence-electron chi connectivity index (χ0n) is 8.76. The molecule has 1 aromatic rings. The van der Waals surface area contributed by atoms with Crippen LogP contribution >= 0.6 is 0 Å². The highest BCUT2D eigenvalue weighted by molar-refractivity contribution is 5.40. The first-order chi connectivity index (χ1) is 7.31. The summed E-state index contributed by atoms with van der Waals surface area (Å²) in [6.07, 6.45) is 0. The fourth-order valence-electron chi connectivity index (χ4n) is 1.28. The molecular formula is C10H16N2O3. The summed E-state index contributed by atoms with van der Waals surface area (Å²) >= 11 is 0. The first-order valence-corrected chi connectivity index (χ1v) is 4.79. The predicted octanol–water partition coefficient (Wildman–Crippen LogP) is -0.119. The van der Waals surface area contributed by atoms with Crippen LogP contribution in [0.25, 0.3) is 0 Å². The second kappa shape index (κ2) is 6.21. The molecule has 0 spiro atoms. The molecule has 2 N–H and O–H groups in total. The van der Waals surface area contributed by atoms with Crippen LogP contribution in [0.15, 0.2) is 18.2 Å². The lowest BCUT2D eigenvalue weighted by molar-refractivity contribution is 0.280. The van der Waals surface area contributed by atoms with E-state index in [4.69, 9.17) is 14.9 Å². The van der Waals surface area contributed by atoms with Gasteiger partial charge < -0.3 is 19.8 Å². The van der Waals surface area contributed by atoms with Crippen LogP contribution in [0.2, 0.25) is 0 Å². The van der Waals surface area contributed by atoms with E-state index < -0.39 is 0 Å². The van der Waals surface area contributed by atoms with Crippen molar-refractivity contribution in [2.24, 2.45) is 0 Å². The maximum atomic E-state index is 8.87. The summed E-state index contributed by atoms with van der Waals surface area (Å²) in [6, 6.07) is 5.39. The zero-order chi connectivity index (χ0) is 11.1. The molecule has 0 aliphatic rings. The van der Waals surface area contributed by atoms with Crippen LogP contribution in [-0.4, -0.2) is 48.6 Å². The number of aliphatic hydroxyl groups is 2. The number of nitrogens with zero attached hydrogens (tertiary/aromatic N) is 2. The largest absolute Gasteiger partial charge is 0.481 e. The minimum absolute atomic E-state index is 0.0267. The average molecular weight is 212 g/mol. The lowest BCUT2D eigenvalue weighted by atomic mass is 10.4. The first-order valence-electron chi connectivity index (χ1n) is 4.79. The van der Waals surface area contributed by atoms with Gasteiger partial charge in [0.2, 0.25) is 5.88 Å². The topological polar surface area (TPSA) is 65.8 Å². The van der Waals surface area contributed by atoms with E-state index in [0.29, 0.717) is 24.8 Å². The van der Waals surface area contributed by atoms with E-state index in [1.54, 1.807) is 18.1 Å². The Morgan fingerprint density at radius 2 is 1.93 bits per heavy atom. The number of rotatable bonds is 6. The Labute approximate surface area is 88.9 Å². The average Bonchev–Trinajstić information content (AvgIpc) is 2.29. The lowest BCUT2D eigenvalue weighted by Crippen LogP contribution is -2.30. The van der Waals surface area contributed by atoms with Crippen molar-refractivity contribution < 1.29 is 14.9 Å². The molecule has 5 nitrogen and oxygen atoms in total. The summed E-state index contributed by atoms with van der Waals surface area (Å²) in [5.41, 5.74) is 0. The second-order valence-corrected chi connectivity index (χ2v) is 2.97. The highest BCUT2D eigenvalue weighted by atomic mass is 16.5. The maximum Gasteiger partial charge on any atom is 0.214 e. The number of anilines is 1. The fourth-order valence-corrected chi connectivity index (χ4v) is 1.28. The molecule has 0 amide bonds. The standard InChI is InChI=1S/C10H16N2O3/c1-15-10-4-2-3-9(11-10)12(5-7-13)6-8-14/h2-4,13-14H,5-8H2,1H3. The molecule has 84 valence electrons. The monoisotopic (exact) mass is 212 g/mol. The number of methoxy groups -OCH3 is 1. The minimum Gasteiger partial charge on any atom is -0.481 e. The van der Waals surface area contributed by atoms with E-state index in [1.165, 1.54) is 0 Å². The van der Waals surface area contributed by atoms with Gasteiger partial charge in [0.15, 0.2) is 0 Å². The minimum atomic E-state index is 0.0267. The van der Waals surface area contributed by atoms with Gasteiger partial charge >= 0.3 is 0 Å². The van der Waals surface area contributed by atoms with Crippen LogP contribution < -0.4 is 9.64 Å². The number of aliphatic hydroxyl groups excluding tert-OH is 2. The van der Waals surface area contributed by atoms with Crippen molar-refractivity contribution in [2.45, 2.75) is 0 Å². The smallest absolute Gasteiger partial charge is 0.214 e. The summed E-state index contributed by atoms with van der Waals surface area (Å²) in [4.78, 5) is 6.00. The molecule has 0 aromatic carbocycles. The number of hydrogen-bond acceptors (Lipinski definition) is 5. The van der Waals surface area contributed by atoms with Crippen LogP contribution in [0.5, 0.6) is 5.88 Å². The third-order valence-electron chi connectivity index (χ3n) is 1.98. The molecule has 0 aliphatic carbocycles. The number of ether oxygens (including phenoxy) is 1. The highest BCUT2D eigenvalue weighted by Crippen LogP contribution is 2.14. The molecule has 0 aliphatic heterocycles. The van der Waals surface area contributed by atoms with E-state index in [2.05, 4.69) is 4.98 Å². The van der Waals surface area contributed by atoms with E-state index in [9.17, 15) is 0 Å². The van der Waals surface area contributed by atoms with Crippen molar-refractivity contribution in [3.8, 4) is 5.88 Å². The van der Waals surface area contributed by atoms with Gasteiger partial charge in [0.1, 0.15) is 5.82 Å². The summed E-state index contributed by atoms with van der Waals surface area (Å²) in [6.45, 7) is 0.944. The van der Waals surface area contributed by atoms with Crippen LogP contribution in [0.3, 0.4) is 0 Å². The Morgan fingerprint density at radius 1 is 1.27 bits per heavy atom. The molecule has 1 rings (SSSR count). The summed E-state index contributed by atoms with van der Waals surface area (Å²) in [5, 5.41) is 17.7. The quantitative estimate of drug-likeness (QED) is 0.688. The van der Waals surface area contributed by atoms with Gasteiger partial charge in [0.05, 0.1) is 20.3 Å². The van der Waals surface area contributed by atoms with Gasteiger partial charge in [-0.05, 0) is 6.07 Å². The molecule has 5 heteroatoms. The molecule has 0 unspecified atom stereocenters. The molecule has 1 heterocycles. The summed E-state index contributed by atoms with van der Waals surface area (Å²) in [5.74, 6) is 1.21. The molecule has 0 fully saturated rings. The van der Waals surface area contributed by atoms with Crippen molar-refractivity contribution in [1.82, 2.24) is 4.98 Å². The van der Waals surface area contributed by atoms with Gasteiger partial charge in [-0.2, -0.15) is 4.98 Å². The zero-order valence-corrected chi connectivity index (χ0v) is 8.76. The predicted molar refractivity (Wildman–Crippen MR) is 57.2 cm³/mol. The van der Waals surface area contributed by atoms with E-state index in [0.717, 1.165) is 0 Å². The first kappa shape index (κ1) is 11.7. The SMILES string of the molecule is COc1cccc(N(CCO)CCO)n1. The van der Waals surface area contributed by atoms with Gasteiger partial charge in [0, 0.05) is 19.2 Å².